The molecule has 18 heavy (non-hydrogen) atoms. The number of hydrogen-bond donors (Lipinski definition) is 1. The molecule has 0 amide bonds. The highest BCUT2D eigenvalue weighted by molar-refractivity contribution is 7.89. The number of hydrogen-bond acceptors (Lipinski definition) is 4. The lowest BCUT2D eigenvalue weighted by atomic mass is 10.2. The first-order valence-electron chi connectivity index (χ1n) is 5.15. The third-order valence-corrected chi connectivity index (χ3v) is 5.31. The van der Waals surface area contributed by atoms with E-state index in [0.717, 1.165) is 4.31 Å². The van der Waals surface area contributed by atoms with Gasteiger partial charge in [-0.05, 0) is 18.1 Å². The van der Waals surface area contributed by atoms with Gasteiger partial charge >= 0.3 is 0 Å². The average molecular weight is 292 g/mol. The molecule has 1 aromatic carbocycles. The molecule has 1 aromatic rings. The summed E-state index contributed by atoms with van der Waals surface area (Å²) in [6, 6.07) is 6.12. The minimum absolute atomic E-state index is 0.0287. The molecule has 0 atom stereocenters. The molecule has 0 fully saturated rings. The van der Waals surface area contributed by atoms with Gasteiger partial charge in [-0.15, -0.1) is 0 Å². The fourth-order valence-electron chi connectivity index (χ4n) is 1.41. The second-order valence-corrected chi connectivity index (χ2v) is 7.83. The predicted octanol–water partition coefficient (Wildman–Crippen LogP) is -0.232. The lowest BCUT2D eigenvalue weighted by Gasteiger charge is -2.12. The monoisotopic (exact) mass is 292 g/mol. The summed E-state index contributed by atoms with van der Waals surface area (Å²) in [6.45, 7) is 0. The highest BCUT2D eigenvalue weighted by Gasteiger charge is 2.17. The van der Waals surface area contributed by atoms with E-state index in [1.165, 1.54) is 20.2 Å². The van der Waals surface area contributed by atoms with Crippen molar-refractivity contribution in [3.8, 4) is 0 Å². The standard InChI is InChI=1S/C10H16N2O4S2/c1-12(2)17(13,14)8-7-9-5-3-4-6-10(9)18(11,15)16/h3-6H,7-8H2,1-2H3,(H2,11,15,16). The summed E-state index contributed by atoms with van der Waals surface area (Å²) in [5.74, 6) is -0.160. The van der Waals surface area contributed by atoms with Crippen LogP contribution in [0.3, 0.4) is 0 Å². The Morgan fingerprint density at radius 2 is 1.67 bits per heavy atom. The molecule has 102 valence electrons. The summed E-state index contributed by atoms with van der Waals surface area (Å²) in [6.07, 6.45) is 0.104. The maximum atomic E-state index is 11.6. The zero-order valence-electron chi connectivity index (χ0n) is 10.2. The third kappa shape index (κ3) is 3.77. The molecule has 8 heteroatoms. The van der Waals surface area contributed by atoms with Crippen molar-refractivity contribution in [3.05, 3.63) is 29.8 Å². The maximum Gasteiger partial charge on any atom is 0.238 e. The number of aryl methyl sites for hydroxylation is 1. The van der Waals surface area contributed by atoms with Gasteiger partial charge in [0.05, 0.1) is 10.6 Å². The molecule has 0 bridgehead atoms. The van der Waals surface area contributed by atoms with Gasteiger partial charge < -0.3 is 0 Å². The lowest BCUT2D eigenvalue weighted by molar-refractivity contribution is 0.520. The van der Waals surface area contributed by atoms with Crippen molar-refractivity contribution in [2.75, 3.05) is 19.8 Å². The Morgan fingerprint density at radius 1 is 1.11 bits per heavy atom. The molecular formula is C10H16N2O4S2. The predicted molar refractivity (Wildman–Crippen MR) is 69.0 cm³/mol. The van der Waals surface area contributed by atoms with E-state index in [2.05, 4.69) is 0 Å². The van der Waals surface area contributed by atoms with Crippen molar-refractivity contribution < 1.29 is 16.8 Å². The fourth-order valence-corrected chi connectivity index (χ4v) is 3.06. The van der Waals surface area contributed by atoms with E-state index >= 15 is 0 Å². The molecule has 0 unspecified atom stereocenters. The molecule has 0 saturated carbocycles. The van der Waals surface area contributed by atoms with Crippen LogP contribution in [0.15, 0.2) is 29.2 Å². The van der Waals surface area contributed by atoms with Crippen LogP contribution in [0.2, 0.25) is 0 Å². The van der Waals surface area contributed by atoms with Gasteiger partial charge in [-0.25, -0.2) is 26.3 Å². The Hall–Kier alpha value is -0.960. The second-order valence-electron chi connectivity index (χ2n) is 4.00. The van der Waals surface area contributed by atoms with Crippen molar-refractivity contribution >= 4 is 20.0 Å². The van der Waals surface area contributed by atoms with Crippen molar-refractivity contribution in [2.24, 2.45) is 5.14 Å². The van der Waals surface area contributed by atoms with Crippen LogP contribution >= 0.6 is 0 Å². The van der Waals surface area contributed by atoms with E-state index < -0.39 is 20.0 Å². The molecular weight excluding hydrogens is 276 g/mol. The quantitative estimate of drug-likeness (QED) is 0.810. The highest BCUT2D eigenvalue weighted by Crippen LogP contribution is 2.15. The maximum absolute atomic E-state index is 11.6. The molecule has 6 nitrogen and oxygen atoms in total. The van der Waals surface area contributed by atoms with Crippen LogP contribution in [-0.2, 0) is 26.5 Å². The molecule has 0 aromatic heterocycles. The summed E-state index contributed by atoms with van der Waals surface area (Å²) in [5.41, 5.74) is 0.408. The van der Waals surface area contributed by atoms with Crippen LogP contribution in [-0.4, -0.2) is 41.0 Å². The summed E-state index contributed by atoms with van der Waals surface area (Å²) in [7, 11) is -4.33. The smallest absolute Gasteiger partial charge is 0.225 e. The highest BCUT2D eigenvalue weighted by atomic mass is 32.2. The minimum Gasteiger partial charge on any atom is -0.225 e. The molecule has 0 spiro atoms. The van der Waals surface area contributed by atoms with Crippen LogP contribution in [0.25, 0.3) is 0 Å². The minimum atomic E-state index is -3.83. The van der Waals surface area contributed by atoms with E-state index in [1.54, 1.807) is 18.2 Å². The number of nitrogens with zero attached hydrogens (tertiary/aromatic N) is 1. The van der Waals surface area contributed by atoms with Crippen molar-refractivity contribution in [3.63, 3.8) is 0 Å². The van der Waals surface area contributed by atoms with Gasteiger partial charge in [0.25, 0.3) is 0 Å². The van der Waals surface area contributed by atoms with Crippen LogP contribution < -0.4 is 5.14 Å². The molecule has 2 N–H and O–H groups in total. The first-order chi connectivity index (χ1) is 8.14. The van der Waals surface area contributed by atoms with Gasteiger partial charge in [0.15, 0.2) is 0 Å². The van der Waals surface area contributed by atoms with E-state index in [-0.39, 0.29) is 17.1 Å². The SMILES string of the molecule is CN(C)S(=O)(=O)CCc1ccccc1S(N)(=O)=O. The van der Waals surface area contributed by atoms with Crippen LogP contribution in [0.4, 0.5) is 0 Å². The van der Waals surface area contributed by atoms with E-state index in [4.69, 9.17) is 5.14 Å². The Kier molecular flexibility index (Phi) is 4.49. The van der Waals surface area contributed by atoms with Gasteiger partial charge in [-0.3, -0.25) is 0 Å². The Balaban J connectivity index is 3.01. The van der Waals surface area contributed by atoms with Crippen molar-refractivity contribution in [1.82, 2.24) is 4.31 Å². The normalized spacial score (nSPS) is 12.9. The average Bonchev–Trinajstić information content (AvgIpc) is 2.25. The number of sulfonamides is 2. The summed E-state index contributed by atoms with van der Waals surface area (Å²) in [5, 5.41) is 5.07. The van der Waals surface area contributed by atoms with Crippen molar-refractivity contribution in [1.29, 1.82) is 0 Å². The molecule has 1 rings (SSSR count). The second kappa shape index (κ2) is 5.35. The zero-order valence-corrected chi connectivity index (χ0v) is 11.8. The van der Waals surface area contributed by atoms with Gasteiger partial charge in [0.1, 0.15) is 0 Å². The molecule has 0 heterocycles. The largest absolute Gasteiger partial charge is 0.238 e. The summed E-state index contributed by atoms with van der Waals surface area (Å²) < 4.78 is 47.0. The van der Waals surface area contributed by atoms with Gasteiger partial charge in [0, 0.05) is 14.1 Å². The molecule has 0 aliphatic carbocycles. The first-order valence-corrected chi connectivity index (χ1v) is 8.31. The van der Waals surface area contributed by atoms with E-state index in [9.17, 15) is 16.8 Å². The summed E-state index contributed by atoms with van der Waals surface area (Å²) >= 11 is 0. The molecule has 0 radical (unpaired) electrons. The Bertz CT molecular complexity index is 621. The first kappa shape index (κ1) is 15.1. The zero-order chi connectivity index (χ0) is 14.0. The van der Waals surface area contributed by atoms with Gasteiger partial charge in [0.2, 0.25) is 20.0 Å². The van der Waals surface area contributed by atoms with Gasteiger partial charge in [-0.1, -0.05) is 18.2 Å². The number of primary sulfonamides is 1. The molecule has 0 aliphatic rings. The van der Waals surface area contributed by atoms with Crippen LogP contribution in [0, 0.1) is 0 Å². The van der Waals surface area contributed by atoms with E-state index in [0.29, 0.717) is 5.56 Å². The number of benzene rings is 1. The Morgan fingerprint density at radius 3 is 2.17 bits per heavy atom. The van der Waals surface area contributed by atoms with Crippen LogP contribution in [0.1, 0.15) is 5.56 Å². The fraction of sp³-hybridized carbons (Fsp3) is 0.400. The van der Waals surface area contributed by atoms with Gasteiger partial charge in [-0.2, -0.15) is 0 Å². The lowest BCUT2D eigenvalue weighted by Crippen LogP contribution is -2.26. The molecule has 0 aliphatic heterocycles. The summed E-state index contributed by atoms with van der Waals surface area (Å²) in [4.78, 5) is -0.0287. The van der Waals surface area contributed by atoms with Crippen molar-refractivity contribution in [2.45, 2.75) is 11.3 Å². The third-order valence-electron chi connectivity index (χ3n) is 2.46. The number of rotatable bonds is 5. The van der Waals surface area contributed by atoms with E-state index in [1.807, 2.05) is 0 Å². The topological polar surface area (TPSA) is 97.5 Å². The van der Waals surface area contributed by atoms with Crippen LogP contribution in [0.5, 0.6) is 0 Å². The Labute approximate surface area is 108 Å². The number of nitrogens with two attached hydrogens (primary N) is 1. The molecule has 0 saturated heterocycles.